The second-order valence-electron chi connectivity index (χ2n) is 6.41. The zero-order chi connectivity index (χ0) is 18.2. The fraction of sp³-hybridized carbons (Fsp3) is 0.429. The molecule has 0 amide bonds. The van der Waals surface area contributed by atoms with E-state index in [2.05, 4.69) is 0 Å². The smallest absolute Gasteiger partial charge is 0.118 e. The molecule has 26 heavy (non-hydrogen) atoms. The second-order valence-corrected chi connectivity index (χ2v) is 6.41. The fourth-order valence-electron chi connectivity index (χ4n) is 2.81. The average molecular weight is 358 g/mol. The molecule has 0 radical (unpaired) electrons. The van der Waals surface area contributed by atoms with Crippen molar-refractivity contribution in [1.29, 1.82) is 0 Å². The number of aliphatic hydroxyl groups is 1. The van der Waals surface area contributed by atoms with Crippen molar-refractivity contribution in [2.45, 2.75) is 37.9 Å². The molecule has 1 N–H and O–H groups in total. The highest BCUT2D eigenvalue weighted by molar-refractivity contribution is 5.26. The molecule has 0 saturated carbocycles. The van der Waals surface area contributed by atoms with E-state index in [9.17, 15) is 0 Å². The van der Waals surface area contributed by atoms with Gasteiger partial charge in [0.05, 0.1) is 45.7 Å². The van der Waals surface area contributed by atoms with Crippen LogP contribution < -0.4 is 4.74 Å². The maximum Gasteiger partial charge on any atom is 0.118 e. The first-order valence-electron chi connectivity index (χ1n) is 8.91. The number of rotatable bonds is 11. The van der Waals surface area contributed by atoms with Gasteiger partial charge in [-0.2, -0.15) is 0 Å². The number of hydrogen-bond donors (Lipinski definition) is 1. The van der Waals surface area contributed by atoms with Crippen molar-refractivity contribution < 1.29 is 24.1 Å². The van der Waals surface area contributed by atoms with Crippen molar-refractivity contribution in [3.8, 4) is 5.75 Å². The first-order valence-corrected chi connectivity index (χ1v) is 8.91. The molecule has 3 rings (SSSR count). The number of methoxy groups -OCH3 is 1. The van der Waals surface area contributed by atoms with E-state index in [4.69, 9.17) is 24.1 Å². The lowest BCUT2D eigenvalue weighted by atomic mass is 10.1. The van der Waals surface area contributed by atoms with Gasteiger partial charge in [0.1, 0.15) is 11.9 Å². The first-order chi connectivity index (χ1) is 12.8. The third-order valence-corrected chi connectivity index (χ3v) is 4.42. The maximum absolute atomic E-state index is 9.16. The van der Waals surface area contributed by atoms with Gasteiger partial charge in [-0.1, -0.05) is 42.5 Å². The molecule has 5 heteroatoms. The molecule has 0 aliphatic carbocycles. The van der Waals surface area contributed by atoms with Crippen molar-refractivity contribution in [1.82, 2.24) is 0 Å². The van der Waals surface area contributed by atoms with Crippen LogP contribution in [0.3, 0.4) is 0 Å². The summed E-state index contributed by atoms with van der Waals surface area (Å²) in [6, 6.07) is 17.9. The second kappa shape index (κ2) is 9.69. The van der Waals surface area contributed by atoms with Gasteiger partial charge in [-0.05, 0) is 23.3 Å². The maximum atomic E-state index is 9.16. The van der Waals surface area contributed by atoms with Gasteiger partial charge in [0, 0.05) is 6.42 Å². The summed E-state index contributed by atoms with van der Waals surface area (Å²) in [4.78, 5) is 0. The third-order valence-electron chi connectivity index (χ3n) is 4.42. The molecular formula is C21H26O5. The minimum absolute atomic E-state index is 0.0563. The van der Waals surface area contributed by atoms with Crippen LogP contribution in [0.25, 0.3) is 0 Å². The lowest BCUT2D eigenvalue weighted by Gasteiger charge is -2.18. The van der Waals surface area contributed by atoms with Crippen LogP contribution in [0.1, 0.15) is 17.5 Å². The molecule has 5 nitrogen and oxygen atoms in total. The zero-order valence-corrected chi connectivity index (χ0v) is 15.0. The van der Waals surface area contributed by atoms with E-state index in [-0.39, 0.29) is 24.9 Å². The van der Waals surface area contributed by atoms with Crippen molar-refractivity contribution in [3.05, 3.63) is 65.7 Å². The highest BCUT2D eigenvalue weighted by Crippen LogP contribution is 2.27. The molecule has 2 aromatic rings. The van der Waals surface area contributed by atoms with Gasteiger partial charge < -0.3 is 24.1 Å². The molecule has 1 aliphatic rings. The minimum atomic E-state index is -0.0811. The number of benzene rings is 2. The fourth-order valence-corrected chi connectivity index (χ4v) is 2.81. The largest absolute Gasteiger partial charge is 0.497 e. The van der Waals surface area contributed by atoms with Crippen LogP contribution in [0.2, 0.25) is 0 Å². The molecule has 2 aromatic carbocycles. The van der Waals surface area contributed by atoms with Crippen molar-refractivity contribution in [2.24, 2.45) is 0 Å². The summed E-state index contributed by atoms with van der Waals surface area (Å²) in [7, 11) is 1.65. The van der Waals surface area contributed by atoms with Crippen LogP contribution in [-0.2, 0) is 27.4 Å². The molecule has 1 fully saturated rings. The average Bonchev–Trinajstić information content (AvgIpc) is 3.45. The molecule has 1 aliphatic heterocycles. The number of ether oxygens (including phenoxy) is 4. The van der Waals surface area contributed by atoms with E-state index in [1.807, 2.05) is 54.6 Å². The van der Waals surface area contributed by atoms with Crippen LogP contribution in [0.4, 0.5) is 0 Å². The van der Waals surface area contributed by atoms with Gasteiger partial charge in [-0.25, -0.2) is 0 Å². The van der Waals surface area contributed by atoms with Gasteiger partial charge in [0.2, 0.25) is 0 Å². The topological polar surface area (TPSA) is 60.5 Å². The Bertz CT molecular complexity index is 643. The van der Waals surface area contributed by atoms with Crippen molar-refractivity contribution in [3.63, 3.8) is 0 Å². The van der Waals surface area contributed by atoms with Gasteiger partial charge in [0.15, 0.2) is 0 Å². The Hall–Kier alpha value is -1.92. The van der Waals surface area contributed by atoms with Crippen LogP contribution in [0, 0.1) is 0 Å². The summed E-state index contributed by atoms with van der Waals surface area (Å²) in [5.74, 6) is 0.827. The summed E-state index contributed by atoms with van der Waals surface area (Å²) < 4.78 is 22.5. The molecule has 1 heterocycles. The van der Waals surface area contributed by atoms with E-state index in [1.165, 1.54) is 0 Å². The summed E-state index contributed by atoms with van der Waals surface area (Å²) in [6.45, 7) is 1.60. The highest BCUT2D eigenvalue weighted by Gasteiger charge is 2.39. The van der Waals surface area contributed by atoms with E-state index in [1.54, 1.807) is 7.11 Å². The van der Waals surface area contributed by atoms with E-state index in [0.29, 0.717) is 19.8 Å². The van der Waals surface area contributed by atoms with Gasteiger partial charge in [-0.3, -0.25) is 0 Å². The third kappa shape index (κ3) is 5.81. The van der Waals surface area contributed by atoms with Gasteiger partial charge in [0.25, 0.3) is 0 Å². The number of hydrogen-bond acceptors (Lipinski definition) is 5. The normalized spacial score (nSPS) is 19.9. The highest BCUT2D eigenvalue weighted by atomic mass is 16.6. The monoisotopic (exact) mass is 358 g/mol. The van der Waals surface area contributed by atoms with E-state index >= 15 is 0 Å². The molecular weight excluding hydrogens is 332 g/mol. The number of aliphatic hydroxyl groups excluding tert-OH is 1. The molecule has 0 bridgehead atoms. The Morgan fingerprint density at radius 2 is 1.69 bits per heavy atom. The molecule has 0 aromatic heterocycles. The van der Waals surface area contributed by atoms with E-state index in [0.717, 1.165) is 23.3 Å². The summed E-state index contributed by atoms with van der Waals surface area (Å²) >= 11 is 0. The predicted molar refractivity (Wildman–Crippen MR) is 98.0 cm³/mol. The Balaban J connectivity index is 1.48. The lowest BCUT2D eigenvalue weighted by Crippen LogP contribution is -2.23. The molecule has 1 saturated heterocycles. The van der Waals surface area contributed by atoms with Crippen LogP contribution in [-0.4, -0.2) is 43.7 Å². The first kappa shape index (κ1) is 18.9. The summed E-state index contributed by atoms with van der Waals surface area (Å²) in [5, 5.41) is 9.16. The lowest BCUT2D eigenvalue weighted by molar-refractivity contribution is -0.0361. The number of epoxide rings is 1. The Morgan fingerprint density at radius 3 is 2.35 bits per heavy atom. The van der Waals surface area contributed by atoms with Gasteiger partial charge in [-0.15, -0.1) is 0 Å². The zero-order valence-electron chi connectivity index (χ0n) is 15.0. The predicted octanol–water partition coefficient (Wildman–Crippen LogP) is 2.95. The van der Waals surface area contributed by atoms with Gasteiger partial charge >= 0.3 is 0 Å². The van der Waals surface area contributed by atoms with E-state index < -0.39 is 0 Å². The van der Waals surface area contributed by atoms with Crippen LogP contribution in [0.5, 0.6) is 5.75 Å². The Labute approximate surface area is 154 Å². The quantitative estimate of drug-likeness (QED) is 0.626. The standard InChI is InChI=1S/C21H26O5/c1-23-18-9-7-17(8-10-18)14-25-19(11-20-21(12-22)26-20)15-24-13-16-5-3-2-4-6-16/h2-10,19-22H,11-15H2,1H3/t19-,20+,21+/m1/s1. The molecule has 0 unspecified atom stereocenters. The minimum Gasteiger partial charge on any atom is -0.497 e. The summed E-state index contributed by atoms with van der Waals surface area (Å²) in [5.41, 5.74) is 2.21. The summed E-state index contributed by atoms with van der Waals surface area (Å²) in [6.07, 6.45) is 0.635. The molecule has 3 atom stereocenters. The van der Waals surface area contributed by atoms with Crippen molar-refractivity contribution >= 4 is 0 Å². The molecule has 140 valence electrons. The SMILES string of the molecule is COc1ccc(CO[C@@H](COCc2ccccc2)C[C@@H]2O[C@H]2CO)cc1. The molecule has 0 spiro atoms. The Morgan fingerprint density at radius 1 is 0.962 bits per heavy atom. The van der Waals surface area contributed by atoms with Crippen LogP contribution >= 0.6 is 0 Å². The Kier molecular flexibility index (Phi) is 7.03. The van der Waals surface area contributed by atoms with Crippen LogP contribution in [0.15, 0.2) is 54.6 Å². The van der Waals surface area contributed by atoms with Crippen molar-refractivity contribution in [2.75, 3.05) is 20.3 Å².